The highest BCUT2D eigenvalue weighted by Gasteiger charge is 2.13. The van der Waals surface area contributed by atoms with E-state index in [9.17, 15) is 14.8 Å². The molecule has 1 N–H and O–H groups in total. The molecule has 1 aromatic heterocycles. The summed E-state index contributed by atoms with van der Waals surface area (Å²) in [5.74, 6) is -0.365. The zero-order valence-electron chi connectivity index (χ0n) is 12.2. The van der Waals surface area contributed by atoms with Crippen LogP contribution in [0.2, 0.25) is 0 Å². The molecular formula is C14H16BrN3O4. The van der Waals surface area contributed by atoms with Crippen LogP contribution in [-0.4, -0.2) is 23.3 Å². The quantitative estimate of drug-likeness (QED) is 0.487. The van der Waals surface area contributed by atoms with E-state index in [2.05, 4.69) is 21.4 Å². The van der Waals surface area contributed by atoms with Crippen molar-refractivity contribution in [1.29, 1.82) is 0 Å². The molecule has 0 bridgehead atoms. The summed E-state index contributed by atoms with van der Waals surface area (Å²) in [6.07, 6.45) is 1.02. The molecular weight excluding hydrogens is 354 g/mol. The van der Waals surface area contributed by atoms with Gasteiger partial charge < -0.3 is 9.94 Å². The van der Waals surface area contributed by atoms with Gasteiger partial charge in [-0.3, -0.25) is 10.2 Å². The summed E-state index contributed by atoms with van der Waals surface area (Å²) in [7, 11) is 0. The van der Waals surface area contributed by atoms with Crippen molar-refractivity contribution < 1.29 is 14.3 Å². The van der Waals surface area contributed by atoms with Crippen molar-refractivity contribution in [3.05, 3.63) is 44.6 Å². The van der Waals surface area contributed by atoms with Crippen molar-refractivity contribution in [3.8, 4) is 0 Å². The number of nitrogens with one attached hydrogen (secondary N) is 1. The second-order valence-corrected chi connectivity index (χ2v) is 5.89. The molecule has 0 amide bonds. The molecule has 2 rings (SSSR count). The van der Waals surface area contributed by atoms with Gasteiger partial charge in [-0.05, 0) is 26.0 Å². The Balaban J connectivity index is 2.16. The number of rotatable bonds is 5. The van der Waals surface area contributed by atoms with Gasteiger partial charge in [-0.25, -0.2) is 9.52 Å². The van der Waals surface area contributed by atoms with E-state index in [0.717, 1.165) is 11.0 Å². The molecule has 0 atom stereocenters. The van der Waals surface area contributed by atoms with Gasteiger partial charge in [-0.15, -0.1) is 0 Å². The first-order valence-electron chi connectivity index (χ1n) is 6.76. The first kappa shape index (κ1) is 16.3. The van der Waals surface area contributed by atoms with E-state index in [1.807, 2.05) is 0 Å². The van der Waals surface area contributed by atoms with Crippen molar-refractivity contribution in [3.63, 3.8) is 0 Å². The predicted octanol–water partition coefficient (Wildman–Crippen LogP) is 1.28. The van der Waals surface area contributed by atoms with E-state index in [0.29, 0.717) is 9.20 Å². The van der Waals surface area contributed by atoms with Crippen LogP contribution < -0.4 is 15.7 Å². The number of carbonyl (C=O) groups excluding carboxylic acids is 1. The standard InChI is InChI=1S/C14H16BrN3O4/c1-9(2)22-13(19)5-6-16-17-8-18(21)12-7-10(15)3-4-11(12)14(17)20/h3-4,7-9,16H,5-6H2,1-2H3. The van der Waals surface area contributed by atoms with E-state index in [1.54, 1.807) is 32.0 Å². The number of hydrogen-bond acceptors (Lipinski definition) is 5. The highest BCUT2D eigenvalue weighted by Crippen LogP contribution is 2.13. The second-order valence-electron chi connectivity index (χ2n) is 4.97. The minimum atomic E-state index is -0.365. The van der Waals surface area contributed by atoms with Gasteiger partial charge in [0.1, 0.15) is 10.9 Å². The third-order valence-electron chi connectivity index (χ3n) is 2.85. The maximum atomic E-state index is 12.3. The molecule has 1 heterocycles. The average Bonchev–Trinajstić information content (AvgIpc) is 2.43. The third kappa shape index (κ3) is 3.76. The van der Waals surface area contributed by atoms with E-state index in [4.69, 9.17) is 4.74 Å². The highest BCUT2D eigenvalue weighted by molar-refractivity contribution is 9.10. The molecule has 0 spiro atoms. The van der Waals surface area contributed by atoms with E-state index in [-0.39, 0.29) is 41.5 Å². The molecule has 0 aliphatic rings. The SMILES string of the molecule is CC(C)OC(=O)CCNn1c[n+]([O-])c2cc(Br)ccc2c1=O. The summed E-state index contributed by atoms with van der Waals surface area (Å²) >= 11 is 3.26. The molecule has 0 aliphatic carbocycles. The fourth-order valence-electron chi connectivity index (χ4n) is 1.93. The van der Waals surface area contributed by atoms with Crippen LogP contribution in [0.15, 0.2) is 33.8 Å². The lowest BCUT2D eigenvalue weighted by Gasteiger charge is -2.10. The minimum Gasteiger partial charge on any atom is -0.711 e. The summed E-state index contributed by atoms with van der Waals surface area (Å²) in [5, 5.41) is 12.2. The monoisotopic (exact) mass is 369 g/mol. The molecule has 0 aliphatic heterocycles. The number of hydrogen-bond donors (Lipinski definition) is 1. The lowest BCUT2D eigenvalue weighted by molar-refractivity contribution is -0.582. The lowest BCUT2D eigenvalue weighted by Crippen LogP contribution is -2.40. The van der Waals surface area contributed by atoms with Crippen LogP contribution in [0.1, 0.15) is 20.3 Å². The summed E-state index contributed by atoms with van der Waals surface area (Å²) in [6, 6.07) is 4.84. The molecule has 0 saturated heterocycles. The van der Waals surface area contributed by atoms with Crippen molar-refractivity contribution in [2.75, 3.05) is 12.0 Å². The number of ether oxygens (including phenoxy) is 1. The smallest absolute Gasteiger partial charge is 0.368 e. The molecule has 118 valence electrons. The van der Waals surface area contributed by atoms with E-state index >= 15 is 0 Å². The van der Waals surface area contributed by atoms with E-state index < -0.39 is 0 Å². The number of benzene rings is 1. The first-order valence-corrected chi connectivity index (χ1v) is 7.55. The Labute approximate surface area is 135 Å². The maximum absolute atomic E-state index is 12.3. The number of carbonyl (C=O) groups is 1. The van der Waals surface area contributed by atoms with Crippen LogP contribution in [0, 0.1) is 5.21 Å². The zero-order valence-corrected chi connectivity index (χ0v) is 13.8. The molecule has 8 heteroatoms. The van der Waals surface area contributed by atoms with E-state index in [1.165, 1.54) is 0 Å². The lowest BCUT2D eigenvalue weighted by atomic mass is 10.2. The van der Waals surface area contributed by atoms with Crippen molar-refractivity contribution in [2.45, 2.75) is 26.4 Å². The molecule has 0 saturated carbocycles. The van der Waals surface area contributed by atoms with Crippen LogP contribution in [0.3, 0.4) is 0 Å². The number of fused-ring (bicyclic) bond motifs is 1. The predicted molar refractivity (Wildman–Crippen MR) is 84.9 cm³/mol. The van der Waals surface area contributed by atoms with Crippen molar-refractivity contribution >= 4 is 32.8 Å². The zero-order chi connectivity index (χ0) is 16.3. The molecule has 22 heavy (non-hydrogen) atoms. The van der Waals surface area contributed by atoms with Crippen LogP contribution >= 0.6 is 15.9 Å². The largest absolute Gasteiger partial charge is 0.711 e. The van der Waals surface area contributed by atoms with Crippen molar-refractivity contribution in [1.82, 2.24) is 4.68 Å². The summed E-state index contributed by atoms with van der Waals surface area (Å²) in [4.78, 5) is 23.7. The van der Waals surface area contributed by atoms with Gasteiger partial charge in [0.2, 0.25) is 0 Å². The maximum Gasteiger partial charge on any atom is 0.368 e. The molecule has 0 unspecified atom stereocenters. The molecule has 0 radical (unpaired) electrons. The topological polar surface area (TPSA) is 87.3 Å². The number of esters is 1. The highest BCUT2D eigenvalue weighted by atomic mass is 79.9. The second kappa shape index (κ2) is 6.78. The Kier molecular flexibility index (Phi) is 5.02. The Morgan fingerprint density at radius 2 is 2.23 bits per heavy atom. The first-order chi connectivity index (χ1) is 10.4. The van der Waals surface area contributed by atoms with Crippen LogP contribution in [0.5, 0.6) is 0 Å². The van der Waals surface area contributed by atoms with Crippen LogP contribution in [0.4, 0.5) is 0 Å². The van der Waals surface area contributed by atoms with Crippen LogP contribution in [0.25, 0.3) is 10.9 Å². The summed E-state index contributed by atoms with van der Waals surface area (Å²) in [5.41, 5.74) is 2.66. The minimum absolute atomic E-state index is 0.0991. The van der Waals surface area contributed by atoms with Gasteiger partial charge in [-0.1, -0.05) is 20.6 Å². The number of nitrogens with zero attached hydrogens (tertiary/aromatic N) is 2. The number of halogens is 1. The molecule has 2 aromatic rings. The average molecular weight is 370 g/mol. The fourth-order valence-corrected chi connectivity index (χ4v) is 2.28. The van der Waals surface area contributed by atoms with Gasteiger partial charge in [0.15, 0.2) is 0 Å². The van der Waals surface area contributed by atoms with Gasteiger partial charge in [-0.2, -0.15) is 0 Å². The molecule has 1 aromatic carbocycles. The molecule has 7 nitrogen and oxygen atoms in total. The Hall–Kier alpha value is -2.09. The van der Waals surface area contributed by atoms with Gasteiger partial charge >= 0.3 is 11.5 Å². The normalized spacial score (nSPS) is 10.9. The Morgan fingerprint density at radius 3 is 2.91 bits per heavy atom. The van der Waals surface area contributed by atoms with Crippen LogP contribution in [-0.2, 0) is 9.53 Å². The number of aromatic nitrogens is 2. The Bertz CT molecular complexity index is 758. The molecule has 0 fully saturated rings. The third-order valence-corrected chi connectivity index (χ3v) is 3.34. The summed E-state index contributed by atoms with van der Waals surface area (Å²) < 4.78 is 7.37. The van der Waals surface area contributed by atoms with Crippen molar-refractivity contribution in [2.24, 2.45) is 0 Å². The van der Waals surface area contributed by atoms with Gasteiger partial charge in [0.25, 0.3) is 6.33 Å². The fraction of sp³-hybridized carbons (Fsp3) is 0.357. The Morgan fingerprint density at radius 1 is 1.50 bits per heavy atom. The van der Waals surface area contributed by atoms with Gasteiger partial charge in [0.05, 0.1) is 19.1 Å². The van der Waals surface area contributed by atoms with Gasteiger partial charge in [0, 0.05) is 10.5 Å². The summed E-state index contributed by atoms with van der Waals surface area (Å²) in [6.45, 7) is 3.71.